The summed E-state index contributed by atoms with van der Waals surface area (Å²) in [6.45, 7) is 0.526. The highest BCUT2D eigenvalue weighted by molar-refractivity contribution is 5.81. The van der Waals surface area contributed by atoms with E-state index >= 15 is 0 Å². The van der Waals surface area contributed by atoms with Gasteiger partial charge in [-0.15, -0.1) is 0 Å². The van der Waals surface area contributed by atoms with E-state index in [1.165, 1.54) is 0 Å². The van der Waals surface area contributed by atoms with Gasteiger partial charge in [0.15, 0.2) is 11.5 Å². The van der Waals surface area contributed by atoms with Crippen LogP contribution in [0.3, 0.4) is 0 Å². The van der Waals surface area contributed by atoms with Gasteiger partial charge < -0.3 is 14.8 Å². The number of amides is 1. The normalized spacial score (nSPS) is 10.6. The standard InChI is InChI=1S/C18H19N3O3/c1-23-16-9-5-7-14(18(16)24-2)10-19-17(22)12-21-15-8-4-3-6-13(15)11-20-21/h3-9,11H,10,12H2,1-2H3,(H,19,22). The van der Waals surface area contributed by atoms with Crippen LogP contribution in [0, 0.1) is 0 Å². The SMILES string of the molecule is COc1cccc(CNC(=O)Cn2ncc3ccccc32)c1OC. The number of carbonyl (C=O) groups is 1. The molecule has 124 valence electrons. The number of fused-ring (bicyclic) bond motifs is 1. The topological polar surface area (TPSA) is 65.4 Å². The van der Waals surface area contributed by atoms with Crippen molar-refractivity contribution in [1.82, 2.24) is 15.1 Å². The summed E-state index contributed by atoms with van der Waals surface area (Å²) in [5.41, 5.74) is 1.79. The van der Waals surface area contributed by atoms with Crippen LogP contribution >= 0.6 is 0 Å². The van der Waals surface area contributed by atoms with Gasteiger partial charge >= 0.3 is 0 Å². The summed E-state index contributed by atoms with van der Waals surface area (Å²) in [5.74, 6) is 1.15. The molecule has 0 atom stereocenters. The average molecular weight is 325 g/mol. The highest BCUT2D eigenvalue weighted by atomic mass is 16.5. The molecule has 3 aromatic rings. The van der Waals surface area contributed by atoms with Crippen LogP contribution in [0.5, 0.6) is 11.5 Å². The van der Waals surface area contributed by atoms with Crippen molar-refractivity contribution in [2.75, 3.05) is 14.2 Å². The summed E-state index contributed by atoms with van der Waals surface area (Å²) in [4.78, 5) is 12.2. The van der Waals surface area contributed by atoms with Gasteiger partial charge in [0.25, 0.3) is 0 Å². The molecule has 0 saturated carbocycles. The first-order valence-electron chi connectivity index (χ1n) is 7.60. The van der Waals surface area contributed by atoms with E-state index in [-0.39, 0.29) is 12.5 Å². The molecule has 3 rings (SSSR count). The number of hydrogen-bond acceptors (Lipinski definition) is 4. The number of hydrogen-bond donors (Lipinski definition) is 1. The van der Waals surface area contributed by atoms with Crippen LogP contribution in [-0.4, -0.2) is 29.9 Å². The molecule has 0 radical (unpaired) electrons. The Hall–Kier alpha value is -3.02. The third-order valence-corrected chi connectivity index (χ3v) is 3.80. The maximum Gasteiger partial charge on any atom is 0.242 e. The number of carbonyl (C=O) groups excluding carboxylic acids is 1. The monoisotopic (exact) mass is 325 g/mol. The predicted molar refractivity (Wildman–Crippen MR) is 91.1 cm³/mol. The molecule has 0 aliphatic carbocycles. The minimum absolute atomic E-state index is 0.117. The van der Waals surface area contributed by atoms with Crippen LogP contribution in [0.15, 0.2) is 48.7 Å². The predicted octanol–water partition coefficient (Wildman–Crippen LogP) is 2.37. The summed E-state index contributed by atoms with van der Waals surface area (Å²) in [6, 6.07) is 13.4. The van der Waals surface area contributed by atoms with E-state index < -0.39 is 0 Å². The number of aromatic nitrogens is 2. The van der Waals surface area contributed by atoms with Crippen molar-refractivity contribution in [2.45, 2.75) is 13.1 Å². The van der Waals surface area contributed by atoms with Crippen LogP contribution in [0.4, 0.5) is 0 Å². The number of methoxy groups -OCH3 is 2. The second-order valence-electron chi connectivity index (χ2n) is 5.29. The Morgan fingerprint density at radius 3 is 2.75 bits per heavy atom. The third-order valence-electron chi connectivity index (χ3n) is 3.80. The van der Waals surface area contributed by atoms with Crippen molar-refractivity contribution in [3.05, 3.63) is 54.2 Å². The van der Waals surface area contributed by atoms with E-state index in [4.69, 9.17) is 9.47 Å². The Kier molecular flexibility index (Phi) is 4.65. The largest absolute Gasteiger partial charge is 0.493 e. The Morgan fingerprint density at radius 2 is 1.96 bits per heavy atom. The molecule has 2 aromatic carbocycles. The Balaban J connectivity index is 1.68. The molecule has 24 heavy (non-hydrogen) atoms. The lowest BCUT2D eigenvalue weighted by Gasteiger charge is -2.13. The maximum atomic E-state index is 12.2. The van der Waals surface area contributed by atoms with Gasteiger partial charge in [0, 0.05) is 17.5 Å². The second-order valence-corrected chi connectivity index (χ2v) is 5.29. The first-order valence-corrected chi connectivity index (χ1v) is 7.60. The fourth-order valence-corrected chi connectivity index (χ4v) is 2.63. The van der Waals surface area contributed by atoms with E-state index in [2.05, 4.69) is 10.4 Å². The molecule has 0 aliphatic heterocycles. The summed E-state index contributed by atoms with van der Waals surface area (Å²) < 4.78 is 12.3. The average Bonchev–Trinajstić information content (AvgIpc) is 3.02. The van der Waals surface area contributed by atoms with E-state index in [0.29, 0.717) is 18.0 Å². The molecular weight excluding hydrogens is 306 g/mol. The van der Waals surface area contributed by atoms with E-state index in [0.717, 1.165) is 16.5 Å². The van der Waals surface area contributed by atoms with Gasteiger partial charge in [0.05, 0.1) is 25.9 Å². The van der Waals surface area contributed by atoms with Gasteiger partial charge in [-0.3, -0.25) is 9.48 Å². The molecule has 0 fully saturated rings. The molecule has 0 spiro atoms. The molecule has 0 saturated heterocycles. The number of nitrogens with zero attached hydrogens (tertiary/aromatic N) is 2. The van der Waals surface area contributed by atoms with E-state index in [9.17, 15) is 4.79 Å². The first kappa shape index (κ1) is 15.9. The lowest BCUT2D eigenvalue weighted by atomic mass is 10.2. The minimum Gasteiger partial charge on any atom is -0.493 e. The van der Waals surface area contributed by atoms with Gasteiger partial charge in [-0.05, 0) is 12.1 Å². The zero-order valence-electron chi connectivity index (χ0n) is 13.7. The fourth-order valence-electron chi connectivity index (χ4n) is 2.63. The van der Waals surface area contributed by atoms with Crippen molar-refractivity contribution < 1.29 is 14.3 Å². The summed E-state index contributed by atoms with van der Waals surface area (Å²) >= 11 is 0. The lowest BCUT2D eigenvalue weighted by Crippen LogP contribution is -2.27. The molecular formula is C18H19N3O3. The fraction of sp³-hybridized carbons (Fsp3) is 0.222. The quantitative estimate of drug-likeness (QED) is 0.756. The van der Waals surface area contributed by atoms with Crippen molar-refractivity contribution in [3.8, 4) is 11.5 Å². The molecule has 1 N–H and O–H groups in total. The number of rotatable bonds is 6. The Labute approximate surface area is 140 Å². The van der Waals surface area contributed by atoms with Gasteiger partial charge in [-0.2, -0.15) is 5.10 Å². The number of ether oxygens (including phenoxy) is 2. The van der Waals surface area contributed by atoms with Crippen molar-refractivity contribution in [2.24, 2.45) is 0 Å². The van der Waals surface area contributed by atoms with Crippen LogP contribution in [-0.2, 0) is 17.9 Å². The van der Waals surface area contributed by atoms with Crippen LogP contribution in [0.25, 0.3) is 10.9 Å². The highest BCUT2D eigenvalue weighted by Crippen LogP contribution is 2.30. The Bertz CT molecular complexity index is 858. The molecule has 1 amide bonds. The molecule has 0 bridgehead atoms. The summed E-state index contributed by atoms with van der Waals surface area (Å²) in [5, 5.41) is 8.17. The van der Waals surface area contributed by atoms with Gasteiger partial charge in [-0.25, -0.2) is 0 Å². The zero-order valence-corrected chi connectivity index (χ0v) is 13.7. The number of benzene rings is 2. The molecule has 6 heteroatoms. The van der Waals surface area contributed by atoms with Crippen LogP contribution < -0.4 is 14.8 Å². The minimum atomic E-state index is -0.117. The van der Waals surface area contributed by atoms with Crippen LogP contribution in [0.1, 0.15) is 5.56 Å². The van der Waals surface area contributed by atoms with Gasteiger partial charge in [0.1, 0.15) is 6.54 Å². The van der Waals surface area contributed by atoms with Crippen LogP contribution in [0.2, 0.25) is 0 Å². The molecule has 0 aliphatic rings. The van der Waals surface area contributed by atoms with Crippen molar-refractivity contribution in [1.29, 1.82) is 0 Å². The Morgan fingerprint density at radius 1 is 1.12 bits per heavy atom. The number of para-hydroxylation sites is 2. The lowest BCUT2D eigenvalue weighted by molar-refractivity contribution is -0.121. The molecule has 0 unspecified atom stereocenters. The van der Waals surface area contributed by atoms with Crippen molar-refractivity contribution in [3.63, 3.8) is 0 Å². The third kappa shape index (κ3) is 3.17. The highest BCUT2D eigenvalue weighted by Gasteiger charge is 2.11. The maximum absolute atomic E-state index is 12.2. The van der Waals surface area contributed by atoms with E-state index in [1.807, 2.05) is 42.5 Å². The van der Waals surface area contributed by atoms with Gasteiger partial charge in [0.2, 0.25) is 5.91 Å². The molecule has 1 aromatic heterocycles. The van der Waals surface area contributed by atoms with E-state index in [1.54, 1.807) is 25.1 Å². The number of nitrogens with one attached hydrogen (secondary N) is 1. The zero-order chi connectivity index (χ0) is 16.9. The molecule has 1 heterocycles. The molecule has 6 nitrogen and oxygen atoms in total. The smallest absolute Gasteiger partial charge is 0.242 e. The van der Waals surface area contributed by atoms with Gasteiger partial charge in [-0.1, -0.05) is 30.3 Å². The summed E-state index contributed by atoms with van der Waals surface area (Å²) in [6.07, 6.45) is 1.76. The van der Waals surface area contributed by atoms with Crippen molar-refractivity contribution >= 4 is 16.8 Å². The summed E-state index contributed by atoms with van der Waals surface area (Å²) in [7, 11) is 3.17. The first-order chi connectivity index (χ1) is 11.7. The second kappa shape index (κ2) is 7.04.